The molecule has 19 heavy (non-hydrogen) atoms. The molecule has 0 saturated heterocycles. The van der Waals surface area contributed by atoms with E-state index in [0.717, 1.165) is 11.1 Å². The number of hydrogen-bond acceptors (Lipinski definition) is 3. The molecule has 0 N–H and O–H groups in total. The van der Waals surface area contributed by atoms with Gasteiger partial charge in [-0.15, -0.1) is 0 Å². The van der Waals surface area contributed by atoms with Crippen LogP contribution >= 0.6 is 23.2 Å². The van der Waals surface area contributed by atoms with Crippen LogP contribution in [0.4, 0.5) is 0 Å². The number of hydrogen-bond donors (Lipinski definition) is 0. The summed E-state index contributed by atoms with van der Waals surface area (Å²) in [6.07, 6.45) is 0. The Hall–Kier alpha value is -1.76. The number of nitrogens with zero attached hydrogens (tertiary/aromatic N) is 2. The van der Waals surface area contributed by atoms with Crippen LogP contribution in [0, 0.1) is 18.3 Å². The second kappa shape index (κ2) is 5.92. The van der Waals surface area contributed by atoms with Gasteiger partial charge < -0.3 is 4.74 Å². The van der Waals surface area contributed by atoms with E-state index >= 15 is 0 Å². The fraction of sp³-hybridized carbons (Fsp3) is 0.143. The van der Waals surface area contributed by atoms with Crippen molar-refractivity contribution < 1.29 is 4.74 Å². The van der Waals surface area contributed by atoms with Crippen molar-refractivity contribution in [1.82, 2.24) is 4.98 Å². The van der Waals surface area contributed by atoms with Gasteiger partial charge in [0.25, 0.3) is 0 Å². The number of aryl methyl sites for hydroxylation is 1. The van der Waals surface area contributed by atoms with Crippen molar-refractivity contribution in [2.75, 3.05) is 0 Å². The summed E-state index contributed by atoms with van der Waals surface area (Å²) in [5.74, 6) is 0.657. The van der Waals surface area contributed by atoms with Gasteiger partial charge in [0.15, 0.2) is 0 Å². The van der Waals surface area contributed by atoms with Gasteiger partial charge in [-0.2, -0.15) is 5.26 Å². The number of halogens is 2. The highest BCUT2D eigenvalue weighted by Crippen LogP contribution is 2.23. The lowest BCUT2D eigenvalue weighted by molar-refractivity contribution is 0.303. The van der Waals surface area contributed by atoms with Gasteiger partial charge in [-0.1, -0.05) is 29.3 Å². The first-order chi connectivity index (χ1) is 9.10. The first kappa shape index (κ1) is 13.7. The maximum absolute atomic E-state index is 8.86. The molecule has 0 aliphatic rings. The molecular weight excluding hydrogens is 283 g/mol. The molecule has 3 nitrogen and oxygen atoms in total. The van der Waals surface area contributed by atoms with Crippen LogP contribution in [-0.4, -0.2) is 4.98 Å². The highest BCUT2D eigenvalue weighted by Gasteiger charge is 2.06. The summed E-state index contributed by atoms with van der Waals surface area (Å²) in [5, 5.41) is 9.53. The minimum atomic E-state index is 0.277. The summed E-state index contributed by atoms with van der Waals surface area (Å²) in [7, 11) is 0. The third kappa shape index (κ3) is 3.37. The molecule has 5 heteroatoms. The zero-order chi connectivity index (χ0) is 13.8. The van der Waals surface area contributed by atoms with Crippen LogP contribution in [0.3, 0.4) is 0 Å². The Morgan fingerprint density at radius 3 is 2.74 bits per heavy atom. The molecule has 2 aromatic rings. The van der Waals surface area contributed by atoms with Gasteiger partial charge in [-0.3, -0.25) is 0 Å². The number of pyridine rings is 1. The lowest BCUT2D eigenvalue weighted by Gasteiger charge is -2.10. The molecule has 1 aromatic heterocycles. The molecule has 0 amide bonds. The van der Waals surface area contributed by atoms with Crippen molar-refractivity contribution in [3.63, 3.8) is 0 Å². The normalized spacial score (nSPS) is 10.0. The second-order valence-electron chi connectivity index (χ2n) is 3.96. The van der Waals surface area contributed by atoms with E-state index < -0.39 is 0 Å². The summed E-state index contributed by atoms with van der Waals surface area (Å²) in [6.45, 7) is 2.19. The van der Waals surface area contributed by atoms with Gasteiger partial charge in [0.05, 0.1) is 11.6 Å². The molecule has 0 spiro atoms. The van der Waals surface area contributed by atoms with E-state index in [-0.39, 0.29) is 6.61 Å². The third-order valence-corrected chi connectivity index (χ3v) is 3.13. The van der Waals surface area contributed by atoms with Crippen LogP contribution < -0.4 is 4.74 Å². The van der Waals surface area contributed by atoms with Gasteiger partial charge in [0.1, 0.15) is 22.7 Å². The topological polar surface area (TPSA) is 45.9 Å². The van der Waals surface area contributed by atoms with Crippen molar-refractivity contribution in [2.24, 2.45) is 0 Å². The quantitative estimate of drug-likeness (QED) is 0.799. The predicted molar refractivity (Wildman–Crippen MR) is 74.5 cm³/mol. The summed E-state index contributed by atoms with van der Waals surface area (Å²) in [6, 6.07) is 10.8. The monoisotopic (exact) mass is 292 g/mol. The molecule has 1 heterocycles. The predicted octanol–water partition coefficient (Wildman–Crippen LogP) is 4.15. The van der Waals surface area contributed by atoms with Gasteiger partial charge in [-0.25, -0.2) is 4.98 Å². The van der Waals surface area contributed by atoms with Gasteiger partial charge in [-0.05, 0) is 36.8 Å². The molecule has 96 valence electrons. The van der Waals surface area contributed by atoms with Crippen LogP contribution in [0.1, 0.15) is 16.7 Å². The Labute approximate surface area is 121 Å². The second-order valence-corrected chi connectivity index (χ2v) is 4.71. The Balaban J connectivity index is 2.16. The smallest absolute Gasteiger partial charge is 0.137 e. The van der Waals surface area contributed by atoms with Crippen molar-refractivity contribution >= 4 is 23.2 Å². The molecule has 2 rings (SSSR count). The number of benzene rings is 1. The van der Waals surface area contributed by atoms with Gasteiger partial charge in [0, 0.05) is 5.56 Å². The van der Waals surface area contributed by atoms with Crippen molar-refractivity contribution in [3.05, 3.63) is 57.3 Å². The molecule has 1 aromatic carbocycles. The highest BCUT2D eigenvalue weighted by atomic mass is 35.5. The van der Waals surface area contributed by atoms with E-state index in [2.05, 4.69) is 11.1 Å². The fourth-order valence-corrected chi connectivity index (χ4v) is 1.93. The minimum absolute atomic E-state index is 0.277. The third-order valence-electron chi connectivity index (χ3n) is 2.59. The van der Waals surface area contributed by atoms with Crippen LogP contribution in [0.2, 0.25) is 10.3 Å². The Bertz CT molecular complexity index is 650. The zero-order valence-corrected chi connectivity index (χ0v) is 11.7. The first-order valence-electron chi connectivity index (χ1n) is 5.54. The van der Waals surface area contributed by atoms with E-state index in [4.69, 9.17) is 33.2 Å². The zero-order valence-electron chi connectivity index (χ0n) is 10.2. The fourth-order valence-electron chi connectivity index (χ4n) is 1.53. The molecule has 0 fully saturated rings. The highest BCUT2D eigenvalue weighted by molar-refractivity contribution is 6.32. The summed E-state index contributed by atoms with van der Waals surface area (Å²) < 4.78 is 5.67. The van der Waals surface area contributed by atoms with Crippen LogP contribution in [0.5, 0.6) is 5.75 Å². The minimum Gasteiger partial charge on any atom is -0.488 e. The summed E-state index contributed by atoms with van der Waals surface area (Å²) in [4.78, 5) is 3.94. The maximum atomic E-state index is 8.86. The summed E-state index contributed by atoms with van der Waals surface area (Å²) >= 11 is 11.7. The number of aromatic nitrogens is 1. The maximum Gasteiger partial charge on any atom is 0.137 e. The van der Waals surface area contributed by atoms with Crippen LogP contribution in [0.25, 0.3) is 0 Å². The van der Waals surface area contributed by atoms with Crippen molar-refractivity contribution in [2.45, 2.75) is 13.5 Å². The van der Waals surface area contributed by atoms with Crippen LogP contribution in [0.15, 0.2) is 30.3 Å². The molecule has 0 radical (unpaired) electrons. The average molecular weight is 293 g/mol. The standard InChI is InChI=1S/C14H10Cl2N2O/c1-9-2-3-10(7-17)6-12(9)19-8-11-4-5-13(15)18-14(11)16/h2-6H,8H2,1H3. The Morgan fingerprint density at radius 2 is 2.05 bits per heavy atom. The molecule has 0 aliphatic heterocycles. The number of ether oxygens (including phenoxy) is 1. The van der Waals surface area contributed by atoms with Crippen molar-refractivity contribution in [3.8, 4) is 11.8 Å². The lowest BCUT2D eigenvalue weighted by Crippen LogP contribution is -1.99. The molecule has 0 saturated carbocycles. The largest absolute Gasteiger partial charge is 0.488 e. The molecular formula is C14H10Cl2N2O. The molecule has 0 unspecified atom stereocenters. The first-order valence-corrected chi connectivity index (χ1v) is 6.30. The molecule has 0 atom stereocenters. The Kier molecular flexibility index (Phi) is 4.26. The Morgan fingerprint density at radius 1 is 1.26 bits per heavy atom. The van der Waals surface area contributed by atoms with Gasteiger partial charge >= 0.3 is 0 Å². The van der Waals surface area contributed by atoms with Crippen molar-refractivity contribution in [1.29, 1.82) is 5.26 Å². The van der Waals surface area contributed by atoms with E-state index in [1.807, 2.05) is 13.0 Å². The number of rotatable bonds is 3. The van der Waals surface area contributed by atoms with Crippen LogP contribution in [-0.2, 0) is 6.61 Å². The van der Waals surface area contributed by atoms with E-state index in [9.17, 15) is 0 Å². The molecule has 0 aliphatic carbocycles. The molecule has 0 bridgehead atoms. The lowest BCUT2D eigenvalue weighted by atomic mass is 10.1. The van der Waals surface area contributed by atoms with Gasteiger partial charge in [0.2, 0.25) is 0 Å². The SMILES string of the molecule is Cc1ccc(C#N)cc1OCc1ccc(Cl)nc1Cl. The van der Waals surface area contributed by atoms with E-state index in [1.165, 1.54) is 0 Å². The number of nitriles is 1. The van der Waals surface area contributed by atoms with E-state index in [1.54, 1.807) is 24.3 Å². The van der Waals surface area contributed by atoms with E-state index in [0.29, 0.717) is 21.6 Å². The summed E-state index contributed by atoms with van der Waals surface area (Å²) in [5.41, 5.74) is 2.26. The average Bonchev–Trinajstić information content (AvgIpc) is 2.39.